The maximum absolute atomic E-state index is 11.9. The zero-order valence-electron chi connectivity index (χ0n) is 14.2. The van der Waals surface area contributed by atoms with E-state index >= 15 is 0 Å². The van der Waals surface area contributed by atoms with Crippen LogP contribution in [0.25, 0.3) is 0 Å². The van der Waals surface area contributed by atoms with Gasteiger partial charge < -0.3 is 10.6 Å². The summed E-state index contributed by atoms with van der Waals surface area (Å²) in [5, 5.41) is 5.46. The third kappa shape index (κ3) is 7.14. The molecular weight excluding hydrogens is 358 g/mol. The zero-order chi connectivity index (χ0) is 17.4. The normalized spacial score (nSPS) is 11.1. The molecule has 0 aromatic heterocycles. The first-order chi connectivity index (χ1) is 10.8. The Morgan fingerprint density at radius 1 is 1.13 bits per heavy atom. The number of rotatable bonds is 8. The Labute approximate surface area is 146 Å². The molecule has 0 bridgehead atoms. The van der Waals surface area contributed by atoms with Crippen LogP contribution >= 0.6 is 15.9 Å². The summed E-state index contributed by atoms with van der Waals surface area (Å²) in [6.07, 6.45) is 0. The lowest BCUT2D eigenvalue weighted by atomic mass is 10.2. The van der Waals surface area contributed by atoms with Crippen LogP contribution in [0.1, 0.15) is 38.1 Å². The van der Waals surface area contributed by atoms with Gasteiger partial charge in [-0.25, -0.2) is 0 Å². The minimum atomic E-state index is -0.257. The molecule has 0 saturated carbocycles. The number of hydrogen-bond donors (Lipinski definition) is 2. The molecule has 128 valence electrons. The van der Waals surface area contributed by atoms with Crippen LogP contribution in [0.2, 0.25) is 0 Å². The van der Waals surface area contributed by atoms with Crippen molar-refractivity contribution in [1.29, 1.82) is 0 Å². The van der Waals surface area contributed by atoms with Gasteiger partial charge in [-0.1, -0.05) is 22.0 Å². The lowest BCUT2D eigenvalue weighted by Gasteiger charge is -2.30. The summed E-state index contributed by atoms with van der Waals surface area (Å²) in [5.41, 5.74) is 0.526. The van der Waals surface area contributed by atoms with Crippen LogP contribution < -0.4 is 10.6 Å². The highest BCUT2D eigenvalue weighted by Crippen LogP contribution is 2.11. The van der Waals surface area contributed by atoms with Gasteiger partial charge in [0.25, 0.3) is 5.91 Å². The molecule has 5 nitrogen and oxygen atoms in total. The summed E-state index contributed by atoms with van der Waals surface area (Å²) in [6, 6.07) is 7.92. The summed E-state index contributed by atoms with van der Waals surface area (Å²) in [5.74, 6) is -0.437. The highest BCUT2D eigenvalue weighted by molar-refractivity contribution is 9.10. The maximum Gasteiger partial charge on any atom is 0.251 e. The fourth-order valence-corrected chi connectivity index (χ4v) is 2.79. The predicted octanol–water partition coefficient (Wildman–Crippen LogP) is 2.41. The van der Waals surface area contributed by atoms with Gasteiger partial charge in [-0.15, -0.1) is 0 Å². The second kappa shape index (κ2) is 9.67. The number of carbonyl (C=O) groups excluding carboxylic acids is 2. The largest absolute Gasteiger partial charge is 0.353 e. The quantitative estimate of drug-likeness (QED) is 0.724. The van der Waals surface area contributed by atoms with Crippen molar-refractivity contribution in [3.8, 4) is 0 Å². The van der Waals surface area contributed by atoms with Crippen molar-refractivity contribution >= 4 is 27.7 Å². The van der Waals surface area contributed by atoms with Crippen LogP contribution in [0, 0.1) is 0 Å². The molecule has 0 atom stereocenters. The van der Waals surface area contributed by atoms with Gasteiger partial charge in [-0.3, -0.25) is 14.5 Å². The van der Waals surface area contributed by atoms with Crippen molar-refractivity contribution in [1.82, 2.24) is 15.5 Å². The molecule has 2 amide bonds. The van der Waals surface area contributed by atoms with Crippen molar-refractivity contribution in [3.63, 3.8) is 0 Å². The van der Waals surface area contributed by atoms with Crippen LogP contribution in [0.3, 0.4) is 0 Å². The zero-order valence-corrected chi connectivity index (χ0v) is 15.8. The number of nitrogens with one attached hydrogen (secondary N) is 2. The van der Waals surface area contributed by atoms with Gasteiger partial charge in [0.1, 0.15) is 0 Å². The molecule has 0 spiro atoms. The Bertz CT molecular complexity index is 524. The summed E-state index contributed by atoms with van der Waals surface area (Å²) in [4.78, 5) is 26.1. The SMILES string of the molecule is CC(C)N(CCNC(=O)CNC(=O)c1cccc(Br)c1)C(C)C. The average Bonchev–Trinajstić information content (AvgIpc) is 2.48. The first kappa shape index (κ1) is 19.6. The Morgan fingerprint density at radius 3 is 2.35 bits per heavy atom. The average molecular weight is 384 g/mol. The van der Waals surface area contributed by atoms with Gasteiger partial charge >= 0.3 is 0 Å². The number of halogens is 1. The Balaban J connectivity index is 2.33. The standard InChI is InChI=1S/C17H26BrN3O2/c1-12(2)21(13(3)4)9-8-19-16(22)11-20-17(23)14-6-5-7-15(18)10-14/h5-7,10,12-13H,8-9,11H2,1-4H3,(H,19,22)(H,20,23). The topological polar surface area (TPSA) is 61.4 Å². The van der Waals surface area contributed by atoms with Gasteiger partial charge in [-0.05, 0) is 45.9 Å². The van der Waals surface area contributed by atoms with E-state index in [4.69, 9.17) is 0 Å². The number of nitrogens with zero attached hydrogens (tertiary/aromatic N) is 1. The summed E-state index contributed by atoms with van der Waals surface area (Å²) < 4.78 is 0.831. The molecule has 1 rings (SSSR count). The van der Waals surface area contributed by atoms with E-state index < -0.39 is 0 Å². The first-order valence-corrected chi connectivity index (χ1v) is 8.66. The summed E-state index contributed by atoms with van der Waals surface area (Å²) in [6.45, 7) is 9.90. The Hall–Kier alpha value is -1.40. The number of amides is 2. The molecule has 1 aromatic carbocycles. The van der Waals surface area contributed by atoms with E-state index in [2.05, 4.69) is 59.2 Å². The Kier molecular flexibility index (Phi) is 8.26. The van der Waals surface area contributed by atoms with Crippen LogP contribution in [0.15, 0.2) is 28.7 Å². The monoisotopic (exact) mass is 383 g/mol. The van der Waals surface area contributed by atoms with Gasteiger partial charge in [0.2, 0.25) is 5.91 Å². The highest BCUT2D eigenvalue weighted by Gasteiger charge is 2.13. The highest BCUT2D eigenvalue weighted by atomic mass is 79.9. The van der Waals surface area contributed by atoms with Crippen molar-refractivity contribution in [2.24, 2.45) is 0 Å². The maximum atomic E-state index is 11.9. The van der Waals surface area contributed by atoms with Gasteiger partial charge in [0, 0.05) is 35.2 Å². The smallest absolute Gasteiger partial charge is 0.251 e. The van der Waals surface area contributed by atoms with Gasteiger partial charge in [0.05, 0.1) is 6.54 Å². The number of carbonyl (C=O) groups is 2. The summed E-state index contributed by atoms with van der Waals surface area (Å²) in [7, 11) is 0. The van der Waals surface area contributed by atoms with E-state index in [1.165, 1.54) is 0 Å². The molecule has 1 aromatic rings. The molecule has 0 aliphatic carbocycles. The lowest BCUT2D eigenvalue weighted by Crippen LogP contribution is -2.44. The predicted molar refractivity (Wildman–Crippen MR) is 96.5 cm³/mol. The molecule has 23 heavy (non-hydrogen) atoms. The van der Waals surface area contributed by atoms with Crippen LogP contribution in [0.5, 0.6) is 0 Å². The van der Waals surface area contributed by atoms with E-state index in [-0.39, 0.29) is 18.4 Å². The molecule has 0 fully saturated rings. The minimum Gasteiger partial charge on any atom is -0.353 e. The van der Waals surface area contributed by atoms with E-state index in [1.807, 2.05) is 6.07 Å². The third-order valence-electron chi connectivity index (χ3n) is 3.52. The molecule has 0 aliphatic heterocycles. The Morgan fingerprint density at radius 2 is 1.78 bits per heavy atom. The number of hydrogen-bond acceptors (Lipinski definition) is 3. The van der Waals surface area contributed by atoms with Crippen LogP contribution in [-0.2, 0) is 4.79 Å². The van der Waals surface area contributed by atoms with Crippen molar-refractivity contribution in [3.05, 3.63) is 34.3 Å². The van der Waals surface area contributed by atoms with E-state index in [9.17, 15) is 9.59 Å². The molecule has 0 heterocycles. The lowest BCUT2D eigenvalue weighted by molar-refractivity contribution is -0.120. The second-order valence-electron chi connectivity index (χ2n) is 5.97. The van der Waals surface area contributed by atoms with Crippen molar-refractivity contribution in [2.45, 2.75) is 39.8 Å². The van der Waals surface area contributed by atoms with Crippen molar-refractivity contribution in [2.75, 3.05) is 19.6 Å². The fraction of sp³-hybridized carbons (Fsp3) is 0.529. The van der Waals surface area contributed by atoms with Gasteiger partial charge in [0.15, 0.2) is 0 Å². The molecule has 6 heteroatoms. The van der Waals surface area contributed by atoms with Crippen molar-refractivity contribution < 1.29 is 9.59 Å². The van der Waals surface area contributed by atoms with E-state index in [1.54, 1.807) is 18.2 Å². The summed E-state index contributed by atoms with van der Waals surface area (Å²) >= 11 is 3.32. The van der Waals surface area contributed by atoms with E-state index in [0.717, 1.165) is 11.0 Å². The molecule has 2 N–H and O–H groups in total. The first-order valence-electron chi connectivity index (χ1n) is 7.87. The second-order valence-corrected chi connectivity index (χ2v) is 6.88. The third-order valence-corrected chi connectivity index (χ3v) is 4.01. The van der Waals surface area contributed by atoms with E-state index in [0.29, 0.717) is 24.2 Å². The molecule has 0 saturated heterocycles. The molecule has 0 aliphatic rings. The van der Waals surface area contributed by atoms with Gasteiger partial charge in [-0.2, -0.15) is 0 Å². The minimum absolute atomic E-state index is 0.0191. The molecule has 0 radical (unpaired) electrons. The molecular formula is C17H26BrN3O2. The van der Waals surface area contributed by atoms with Crippen LogP contribution in [0.4, 0.5) is 0 Å². The fourth-order valence-electron chi connectivity index (χ4n) is 2.39. The molecule has 0 unspecified atom stereocenters. The number of benzene rings is 1. The van der Waals surface area contributed by atoms with Crippen LogP contribution in [-0.4, -0.2) is 48.4 Å².